The minimum Gasteiger partial charge on any atom is -0.497 e. The number of esters is 2. The van der Waals surface area contributed by atoms with E-state index in [1.807, 2.05) is 0 Å². The molecule has 0 N–H and O–H groups in total. The fraction of sp³-hybridized carbons (Fsp3) is 0.0645. The van der Waals surface area contributed by atoms with Gasteiger partial charge in [0.05, 0.1) is 35.1 Å². The lowest BCUT2D eigenvalue weighted by Gasteiger charge is -2.14. The molecular weight excluding hydrogens is 514 g/mol. The van der Waals surface area contributed by atoms with Crippen molar-refractivity contribution in [3.63, 3.8) is 0 Å². The molecule has 0 unspecified atom stereocenters. The summed E-state index contributed by atoms with van der Waals surface area (Å²) in [6.07, 6.45) is 0. The summed E-state index contributed by atoms with van der Waals surface area (Å²) in [6.45, 7) is -0.512. The summed E-state index contributed by atoms with van der Waals surface area (Å²) in [4.78, 5) is 63.7. The first-order chi connectivity index (χ1) is 19.4. The number of amides is 2. The molecular formula is C31H21NO8. The molecule has 40 heavy (non-hydrogen) atoms. The molecule has 1 heterocycles. The van der Waals surface area contributed by atoms with Gasteiger partial charge >= 0.3 is 11.9 Å². The Morgan fingerprint density at radius 2 is 1.27 bits per heavy atom. The smallest absolute Gasteiger partial charge is 0.343 e. The number of hydrogen-bond donors (Lipinski definition) is 0. The lowest BCUT2D eigenvalue weighted by atomic mass is 10.1. The van der Waals surface area contributed by atoms with Crippen molar-refractivity contribution in [3.8, 4) is 11.5 Å². The molecule has 2 amide bonds. The second kappa shape index (κ2) is 11.0. The Morgan fingerprint density at radius 3 is 1.90 bits per heavy atom. The SMILES string of the molecule is COc1cccc(C(=O)Oc2ccc(C(=O)COC(=O)c3ccc(N4C(=O)c5ccccc5C4=O)cc3)cc2)c1. The van der Waals surface area contributed by atoms with Gasteiger partial charge in [-0.05, 0) is 78.9 Å². The first-order valence-electron chi connectivity index (χ1n) is 12.1. The number of imide groups is 1. The number of anilines is 1. The van der Waals surface area contributed by atoms with E-state index in [1.165, 1.54) is 55.6 Å². The molecule has 9 nitrogen and oxygen atoms in total. The number of hydrogen-bond acceptors (Lipinski definition) is 8. The highest BCUT2D eigenvalue weighted by Crippen LogP contribution is 2.28. The van der Waals surface area contributed by atoms with Crippen LogP contribution < -0.4 is 14.4 Å². The predicted octanol–water partition coefficient (Wildman–Crippen LogP) is 4.75. The summed E-state index contributed by atoms with van der Waals surface area (Å²) in [5.41, 5.74) is 1.66. The Bertz CT molecular complexity index is 1610. The summed E-state index contributed by atoms with van der Waals surface area (Å²) < 4.78 is 15.6. The summed E-state index contributed by atoms with van der Waals surface area (Å²) >= 11 is 0. The monoisotopic (exact) mass is 535 g/mol. The molecule has 198 valence electrons. The van der Waals surface area contributed by atoms with Crippen LogP contribution >= 0.6 is 0 Å². The number of carbonyl (C=O) groups excluding carboxylic acids is 5. The molecule has 4 aromatic rings. The van der Waals surface area contributed by atoms with E-state index in [1.54, 1.807) is 48.5 Å². The van der Waals surface area contributed by atoms with Gasteiger partial charge in [0, 0.05) is 5.56 Å². The molecule has 9 heteroatoms. The van der Waals surface area contributed by atoms with Crippen LogP contribution in [-0.2, 0) is 4.74 Å². The Labute approximate surface area is 228 Å². The topological polar surface area (TPSA) is 116 Å². The average molecular weight is 536 g/mol. The molecule has 0 fully saturated rings. The third-order valence-electron chi connectivity index (χ3n) is 6.18. The third kappa shape index (κ3) is 5.21. The van der Waals surface area contributed by atoms with Crippen molar-refractivity contribution in [2.45, 2.75) is 0 Å². The molecule has 5 rings (SSSR count). The minimum atomic E-state index is -0.744. The van der Waals surface area contributed by atoms with E-state index >= 15 is 0 Å². The van der Waals surface area contributed by atoms with E-state index in [4.69, 9.17) is 14.2 Å². The van der Waals surface area contributed by atoms with Crippen LogP contribution in [0.5, 0.6) is 11.5 Å². The second-order valence-electron chi connectivity index (χ2n) is 8.68. The van der Waals surface area contributed by atoms with Crippen LogP contribution in [0.2, 0.25) is 0 Å². The highest BCUT2D eigenvalue weighted by atomic mass is 16.5. The Balaban J connectivity index is 1.16. The van der Waals surface area contributed by atoms with Crippen molar-refractivity contribution in [1.29, 1.82) is 0 Å². The number of Topliss-reactive ketones (excluding diaryl/α,β-unsaturated/α-hetero) is 1. The van der Waals surface area contributed by atoms with Gasteiger partial charge in [-0.3, -0.25) is 14.4 Å². The summed E-state index contributed by atoms with van der Waals surface area (Å²) in [6, 6.07) is 24.6. The van der Waals surface area contributed by atoms with Gasteiger partial charge in [0.2, 0.25) is 0 Å². The standard InChI is InChI=1S/C31H21NO8/c1-38-24-6-4-5-21(17-24)31(37)40-23-15-11-19(12-16-23)27(33)18-39-30(36)20-9-13-22(14-10-20)32-28(34)25-7-2-3-8-26(25)29(32)35/h2-17H,18H2,1H3. The number of benzene rings is 4. The van der Waals surface area contributed by atoms with Gasteiger partial charge < -0.3 is 14.2 Å². The zero-order valence-corrected chi connectivity index (χ0v) is 21.2. The van der Waals surface area contributed by atoms with Crippen LogP contribution in [0, 0.1) is 0 Å². The lowest BCUT2D eigenvalue weighted by Crippen LogP contribution is -2.29. The first-order valence-corrected chi connectivity index (χ1v) is 12.1. The molecule has 0 spiro atoms. The number of carbonyl (C=O) groups is 5. The van der Waals surface area contributed by atoms with Crippen LogP contribution in [0.3, 0.4) is 0 Å². The number of ether oxygens (including phenoxy) is 3. The highest BCUT2D eigenvalue weighted by molar-refractivity contribution is 6.34. The summed E-state index contributed by atoms with van der Waals surface area (Å²) in [5, 5.41) is 0. The van der Waals surface area contributed by atoms with Crippen molar-refractivity contribution < 1.29 is 38.2 Å². The van der Waals surface area contributed by atoms with Gasteiger partial charge in [-0.25, -0.2) is 14.5 Å². The summed E-state index contributed by atoms with van der Waals surface area (Å²) in [5.74, 6) is -1.91. The van der Waals surface area contributed by atoms with Crippen molar-refractivity contribution in [3.05, 3.63) is 125 Å². The van der Waals surface area contributed by atoms with Crippen LogP contribution in [0.1, 0.15) is 51.8 Å². The molecule has 0 aromatic heterocycles. The molecule has 0 bridgehead atoms. The zero-order chi connectivity index (χ0) is 28.2. The molecule has 0 saturated heterocycles. The molecule has 1 aliphatic heterocycles. The molecule has 1 aliphatic rings. The van der Waals surface area contributed by atoms with Crippen molar-refractivity contribution in [2.75, 3.05) is 18.6 Å². The third-order valence-corrected chi connectivity index (χ3v) is 6.18. The van der Waals surface area contributed by atoms with Crippen molar-refractivity contribution >= 4 is 35.2 Å². The van der Waals surface area contributed by atoms with E-state index in [0.29, 0.717) is 28.1 Å². The van der Waals surface area contributed by atoms with Crippen LogP contribution in [0.15, 0.2) is 97.1 Å². The number of methoxy groups -OCH3 is 1. The normalized spacial score (nSPS) is 12.1. The zero-order valence-electron chi connectivity index (χ0n) is 21.2. The van der Waals surface area contributed by atoms with Gasteiger partial charge in [-0.1, -0.05) is 18.2 Å². The van der Waals surface area contributed by atoms with Gasteiger partial charge in [0.1, 0.15) is 11.5 Å². The van der Waals surface area contributed by atoms with Gasteiger partial charge in [0.15, 0.2) is 12.4 Å². The van der Waals surface area contributed by atoms with E-state index in [9.17, 15) is 24.0 Å². The Hall–Kier alpha value is -5.57. The Kier molecular flexibility index (Phi) is 7.19. The maximum Gasteiger partial charge on any atom is 0.343 e. The molecule has 4 aromatic carbocycles. The lowest BCUT2D eigenvalue weighted by molar-refractivity contribution is 0.0474. The quantitative estimate of drug-likeness (QED) is 0.137. The fourth-order valence-electron chi connectivity index (χ4n) is 4.09. The molecule has 0 radical (unpaired) electrons. The van der Waals surface area contributed by atoms with Gasteiger partial charge in [-0.2, -0.15) is 0 Å². The van der Waals surface area contributed by atoms with E-state index < -0.39 is 36.1 Å². The van der Waals surface area contributed by atoms with Gasteiger partial charge in [-0.15, -0.1) is 0 Å². The van der Waals surface area contributed by atoms with E-state index in [0.717, 1.165) is 4.90 Å². The first kappa shape index (κ1) is 26.1. The Morgan fingerprint density at radius 1 is 0.650 bits per heavy atom. The summed E-state index contributed by atoms with van der Waals surface area (Å²) in [7, 11) is 1.49. The van der Waals surface area contributed by atoms with Crippen molar-refractivity contribution in [1.82, 2.24) is 0 Å². The number of nitrogens with zero attached hydrogens (tertiary/aromatic N) is 1. The molecule has 0 saturated carbocycles. The highest BCUT2D eigenvalue weighted by Gasteiger charge is 2.36. The van der Waals surface area contributed by atoms with Gasteiger partial charge in [0.25, 0.3) is 11.8 Å². The van der Waals surface area contributed by atoms with E-state index in [-0.39, 0.29) is 16.9 Å². The van der Waals surface area contributed by atoms with Crippen LogP contribution in [-0.4, -0.2) is 43.3 Å². The minimum absolute atomic E-state index is 0.146. The fourth-order valence-corrected chi connectivity index (χ4v) is 4.09. The maximum absolute atomic E-state index is 12.6. The largest absolute Gasteiger partial charge is 0.497 e. The molecule has 0 atom stereocenters. The number of rotatable bonds is 8. The van der Waals surface area contributed by atoms with E-state index in [2.05, 4.69) is 0 Å². The van der Waals surface area contributed by atoms with Crippen LogP contribution in [0.25, 0.3) is 0 Å². The second-order valence-corrected chi connectivity index (χ2v) is 8.68. The average Bonchev–Trinajstić information content (AvgIpc) is 3.25. The number of ketones is 1. The predicted molar refractivity (Wildman–Crippen MR) is 143 cm³/mol. The molecule has 0 aliphatic carbocycles. The van der Waals surface area contributed by atoms with Crippen molar-refractivity contribution in [2.24, 2.45) is 0 Å². The van der Waals surface area contributed by atoms with Crippen LogP contribution in [0.4, 0.5) is 5.69 Å². The maximum atomic E-state index is 12.6. The number of fused-ring (bicyclic) bond motifs is 1.